The van der Waals surface area contributed by atoms with E-state index in [1.54, 1.807) is 32.9 Å². The van der Waals surface area contributed by atoms with Crippen LogP contribution in [-0.2, 0) is 22.5 Å². The maximum absolute atomic E-state index is 14.5. The SMILES string of the molecule is C[C@@H]1C[C@](Cc2cc(C(=O)O)c(F)c(Cl)n2)(C(=O)OC(C)(C)C)CCN1Cc1cccc(Cl)c1F. The standard InChI is InChI=1S/C25H28Cl2F2N2O4/c1-14-11-25(23(34)35-24(2,3)4,12-16-10-17(22(32)33)20(29)21(27)30-16)8-9-31(14)13-15-6-5-7-18(26)19(15)28/h5-7,10,14H,8-9,11-13H2,1-4H3,(H,32,33)/t14-,25-/m1/s1. The third-order valence-corrected chi connectivity index (χ3v) is 6.69. The van der Waals surface area contributed by atoms with Crippen molar-refractivity contribution in [2.75, 3.05) is 6.54 Å². The van der Waals surface area contributed by atoms with E-state index in [4.69, 9.17) is 27.9 Å². The van der Waals surface area contributed by atoms with Crippen molar-refractivity contribution in [3.8, 4) is 0 Å². The number of ether oxygens (including phenoxy) is 1. The summed E-state index contributed by atoms with van der Waals surface area (Å²) in [4.78, 5) is 31.0. The molecule has 1 saturated heterocycles. The number of likely N-dealkylation sites (tertiary alicyclic amines) is 1. The summed E-state index contributed by atoms with van der Waals surface area (Å²) in [7, 11) is 0. The molecule has 10 heteroatoms. The quantitative estimate of drug-likeness (QED) is 0.370. The number of piperidine rings is 1. The van der Waals surface area contributed by atoms with Gasteiger partial charge in [0.05, 0.1) is 10.4 Å². The van der Waals surface area contributed by atoms with E-state index in [2.05, 4.69) is 4.98 Å². The predicted octanol–water partition coefficient (Wildman–Crippen LogP) is 5.92. The fraction of sp³-hybridized carbons (Fsp3) is 0.480. The molecule has 0 aliphatic carbocycles. The van der Waals surface area contributed by atoms with Crippen LogP contribution in [0.5, 0.6) is 0 Å². The molecule has 1 aromatic carbocycles. The zero-order valence-electron chi connectivity index (χ0n) is 20.0. The topological polar surface area (TPSA) is 79.7 Å². The van der Waals surface area contributed by atoms with Gasteiger partial charge < -0.3 is 9.84 Å². The van der Waals surface area contributed by atoms with Crippen LogP contribution in [0.3, 0.4) is 0 Å². The highest BCUT2D eigenvalue weighted by molar-refractivity contribution is 6.30. The summed E-state index contributed by atoms with van der Waals surface area (Å²) < 4.78 is 34.4. The Bertz CT molecular complexity index is 1140. The maximum atomic E-state index is 14.5. The number of carbonyl (C=O) groups is 2. The first-order valence-electron chi connectivity index (χ1n) is 11.2. The van der Waals surface area contributed by atoms with E-state index >= 15 is 0 Å². The fourth-order valence-corrected chi connectivity index (χ4v) is 4.85. The van der Waals surface area contributed by atoms with Gasteiger partial charge in [0.25, 0.3) is 0 Å². The molecule has 1 N–H and O–H groups in total. The second-order valence-electron chi connectivity index (χ2n) is 10.0. The molecule has 1 fully saturated rings. The molecule has 0 bridgehead atoms. The summed E-state index contributed by atoms with van der Waals surface area (Å²) in [5, 5.41) is 8.82. The average molecular weight is 529 g/mol. The number of esters is 1. The highest BCUT2D eigenvalue weighted by Gasteiger charge is 2.47. The van der Waals surface area contributed by atoms with Crippen LogP contribution >= 0.6 is 23.2 Å². The minimum absolute atomic E-state index is 0.0197. The molecule has 35 heavy (non-hydrogen) atoms. The number of hydrogen-bond donors (Lipinski definition) is 1. The van der Waals surface area contributed by atoms with Gasteiger partial charge in [-0.15, -0.1) is 0 Å². The summed E-state index contributed by atoms with van der Waals surface area (Å²) in [6.45, 7) is 7.95. The van der Waals surface area contributed by atoms with Crippen molar-refractivity contribution >= 4 is 35.1 Å². The van der Waals surface area contributed by atoms with Gasteiger partial charge in [-0.1, -0.05) is 35.3 Å². The third-order valence-electron chi connectivity index (χ3n) is 6.14. The summed E-state index contributed by atoms with van der Waals surface area (Å²) >= 11 is 11.8. The van der Waals surface area contributed by atoms with Gasteiger partial charge in [-0.05, 0) is 59.2 Å². The maximum Gasteiger partial charge on any atom is 0.338 e. The Labute approximate surface area is 213 Å². The Morgan fingerprint density at radius 2 is 1.94 bits per heavy atom. The lowest BCUT2D eigenvalue weighted by Crippen LogP contribution is -2.51. The molecule has 1 aliphatic rings. The Balaban J connectivity index is 1.92. The molecule has 2 aromatic rings. The number of benzene rings is 1. The summed E-state index contributed by atoms with van der Waals surface area (Å²) in [5.74, 6) is -3.53. The van der Waals surface area contributed by atoms with Gasteiger partial charge in [-0.3, -0.25) is 9.69 Å². The number of aromatic carboxylic acids is 1. The van der Waals surface area contributed by atoms with Crippen LogP contribution in [0.15, 0.2) is 24.3 Å². The van der Waals surface area contributed by atoms with Crippen LogP contribution < -0.4 is 0 Å². The zero-order chi connectivity index (χ0) is 26.1. The number of halogens is 4. The van der Waals surface area contributed by atoms with Gasteiger partial charge in [0, 0.05) is 30.3 Å². The van der Waals surface area contributed by atoms with Crippen molar-refractivity contribution in [3.05, 3.63) is 62.9 Å². The van der Waals surface area contributed by atoms with Crippen LogP contribution in [0.2, 0.25) is 10.2 Å². The van der Waals surface area contributed by atoms with E-state index in [1.165, 1.54) is 6.07 Å². The van der Waals surface area contributed by atoms with Crippen molar-refractivity contribution in [2.45, 2.75) is 65.1 Å². The summed E-state index contributed by atoms with van der Waals surface area (Å²) in [5.41, 5.74) is -1.79. The first-order chi connectivity index (χ1) is 16.2. The minimum atomic E-state index is -1.48. The molecule has 1 aliphatic heterocycles. The number of rotatable bonds is 6. The van der Waals surface area contributed by atoms with Crippen LogP contribution in [0.4, 0.5) is 8.78 Å². The molecule has 3 rings (SSSR count). The van der Waals surface area contributed by atoms with E-state index in [1.807, 2.05) is 11.8 Å². The number of aromatic nitrogens is 1. The first kappa shape index (κ1) is 27.3. The number of hydrogen-bond acceptors (Lipinski definition) is 5. The predicted molar refractivity (Wildman–Crippen MR) is 129 cm³/mol. The molecule has 190 valence electrons. The van der Waals surface area contributed by atoms with Gasteiger partial charge in [-0.2, -0.15) is 0 Å². The summed E-state index contributed by atoms with van der Waals surface area (Å²) in [6.07, 6.45) is 0.697. The molecule has 0 amide bonds. The van der Waals surface area contributed by atoms with Gasteiger partial charge in [-0.25, -0.2) is 18.6 Å². The highest BCUT2D eigenvalue weighted by atomic mass is 35.5. The van der Waals surface area contributed by atoms with Crippen LogP contribution in [0.25, 0.3) is 0 Å². The Morgan fingerprint density at radius 1 is 1.26 bits per heavy atom. The first-order valence-corrected chi connectivity index (χ1v) is 12.0. The fourth-order valence-electron chi connectivity index (χ4n) is 4.44. The smallest absolute Gasteiger partial charge is 0.338 e. The van der Waals surface area contributed by atoms with Crippen molar-refractivity contribution in [3.63, 3.8) is 0 Å². The largest absolute Gasteiger partial charge is 0.478 e. The molecule has 0 saturated carbocycles. The molecule has 0 unspecified atom stereocenters. The number of carbonyl (C=O) groups excluding carboxylic acids is 1. The molecular weight excluding hydrogens is 501 g/mol. The molecule has 2 heterocycles. The lowest BCUT2D eigenvalue weighted by Gasteiger charge is -2.45. The lowest BCUT2D eigenvalue weighted by molar-refractivity contribution is -0.172. The highest BCUT2D eigenvalue weighted by Crippen LogP contribution is 2.41. The van der Waals surface area contributed by atoms with Crippen molar-refractivity contribution in [1.82, 2.24) is 9.88 Å². The summed E-state index contributed by atoms with van der Waals surface area (Å²) in [6, 6.07) is 5.78. The van der Waals surface area contributed by atoms with Gasteiger partial charge in [0.1, 0.15) is 17.0 Å². The third kappa shape index (κ3) is 6.29. The molecule has 0 radical (unpaired) electrons. The molecule has 1 aromatic heterocycles. The van der Waals surface area contributed by atoms with Crippen LogP contribution in [0.1, 0.15) is 62.2 Å². The van der Waals surface area contributed by atoms with E-state index in [0.717, 1.165) is 6.07 Å². The number of carboxylic acids is 1. The Morgan fingerprint density at radius 3 is 2.54 bits per heavy atom. The molecule has 6 nitrogen and oxygen atoms in total. The van der Waals surface area contributed by atoms with E-state index < -0.39 is 45.3 Å². The number of carboxylic acid groups (broad SMARTS) is 1. The Kier molecular flexibility index (Phi) is 8.09. The van der Waals surface area contributed by atoms with Crippen molar-refractivity contribution < 1.29 is 28.2 Å². The second-order valence-corrected chi connectivity index (χ2v) is 10.8. The zero-order valence-corrected chi connectivity index (χ0v) is 21.5. The number of pyridine rings is 1. The van der Waals surface area contributed by atoms with Crippen LogP contribution in [-0.4, -0.2) is 45.1 Å². The van der Waals surface area contributed by atoms with Gasteiger partial charge in [0.2, 0.25) is 0 Å². The molecule has 2 atom stereocenters. The van der Waals surface area contributed by atoms with E-state index in [0.29, 0.717) is 31.5 Å². The van der Waals surface area contributed by atoms with E-state index in [-0.39, 0.29) is 23.2 Å². The van der Waals surface area contributed by atoms with E-state index in [9.17, 15) is 23.5 Å². The average Bonchev–Trinajstić information content (AvgIpc) is 2.74. The normalized spacial score (nSPS) is 21.1. The molecular formula is C25H28Cl2F2N2O4. The lowest BCUT2D eigenvalue weighted by atomic mass is 9.72. The van der Waals surface area contributed by atoms with Crippen molar-refractivity contribution in [2.24, 2.45) is 5.41 Å². The molecule has 0 spiro atoms. The van der Waals surface area contributed by atoms with Gasteiger partial charge in [0.15, 0.2) is 11.0 Å². The number of nitrogens with zero attached hydrogens (tertiary/aromatic N) is 2. The minimum Gasteiger partial charge on any atom is -0.478 e. The second kappa shape index (κ2) is 10.4. The van der Waals surface area contributed by atoms with Gasteiger partial charge >= 0.3 is 11.9 Å². The van der Waals surface area contributed by atoms with Crippen molar-refractivity contribution in [1.29, 1.82) is 0 Å². The Hall–Kier alpha value is -2.29. The monoisotopic (exact) mass is 528 g/mol. The van der Waals surface area contributed by atoms with Crippen LogP contribution in [0, 0.1) is 17.0 Å².